The number of nitrogens with zero attached hydrogens (tertiary/aromatic N) is 3. The SMILES string of the molecule is C=C/C(=C\N(C)CCCN(CCC)CCC)c1ccc(Cl)c(NC(=C)c2coc(N)n2)c1. The zero-order chi connectivity index (χ0) is 23.5. The topological polar surface area (TPSA) is 70.6 Å². The van der Waals surface area contributed by atoms with Gasteiger partial charge in [-0.1, -0.05) is 50.7 Å². The predicted molar refractivity (Wildman–Crippen MR) is 137 cm³/mol. The highest BCUT2D eigenvalue weighted by molar-refractivity contribution is 6.33. The molecule has 0 aliphatic rings. The lowest BCUT2D eigenvalue weighted by molar-refractivity contribution is 0.260. The minimum absolute atomic E-state index is 0.0928. The first-order chi connectivity index (χ1) is 15.4. The fourth-order valence-corrected chi connectivity index (χ4v) is 3.68. The van der Waals surface area contributed by atoms with Crippen LogP contribution in [0.4, 0.5) is 11.7 Å². The molecule has 1 heterocycles. The lowest BCUT2D eigenvalue weighted by Gasteiger charge is -2.23. The van der Waals surface area contributed by atoms with E-state index in [9.17, 15) is 0 Å². The Morgan fingerprint density at radius 1 is 1.22 bits per heavy atom. The summed E-state index contributed by atoms with van der Waals surface area (Å²) in [5, 5.41) is 3.78. The van der Waals surface area contributed by atoms with Gasteiger partial charge in [0.1, 0.15) is 12.0 Å². The summed E-state index contributed by atoms with van der Waals surface area (Å²) in [6, 6.07) is 5.91. The van der Waals surface area contributed by atoms with E-state index < -0.39 is 0 Å². The Morgan fingerprint density at radius 3 is 2.53 bits per heavy atom. The molecule has 0 atom stereocenters. The van der Waals surface area contributed by atoms with E-state index in [0.29, 0.717) is 16.4 Å². The molecule has 0 amide bonds. The number of benzene rings is 1. The van der Waals surface area contributed by atoms with Gasteiger partial charge >= 0.3 is 0 Å². The number of aromatic nitrogens is 1. The van der Waals surface area contributed by atoms with Gasteiger partial charge in [0.25, 0.3) is 6.01 Å². The second-order valence-corrected chi connectivity index (χ2v) is 8.24. The van der Waals surface area contributed by atoms with E-state index in [1.807, 2.05) is 24.3 Å². The molecule has 6 nitrogen and oxygen atoms in total. The van der Waals surface area contributed by atoms with Crippen molar-refractivity contribution < 1.29 is 4.42 Å². The van der Waals surface area contributed by atoms with Gasteiger partial charge in [-0.3, -0.25) is 0 Å². The molecular formula is C25H36ClN5O. The quantitative estimate of drug-likeness (QED) is 0.341. The number of nitrogen functional groups attached to an aromatic ring is 1. The zero-order valence-corrected chi connectivity index (χ0v) is 20.3. The van der Waals surface area contributed by atoms with Crippen molar-refractivity contribution in [1.82, 2.24) is 14.8 Å². The molecule has 1 aromatic carbocycles. The second kappa shape index (κ2) is 13.0. The molecule has 0 saturated heterocycles. The molecule has 3 N–H and O–H groups in total. The predicted octanol–water partition coefficient (Wildman–Crippen LogP) is 5.96. The highest BCUT2D eigenvalue weighted by Crippen LogP contribution is 2.29. The van der Waals surface area contributed by atoms with Gasteiger partial charge in [-0.25, -0.2) is 0 Å². The summed E-state index contributed by atoms with van der Waals surface area (Å²) in [6.07, 6.45) is 8.94. The van der Waals surface area contributed by atoms with E-state index in [1.165, 1.54) is 19.1 Å². The highest BCUT2D eigenvalue weighted by Gasteiger charge is 2.10. The number of hydrogen-bond donors (Lipinski definition) is 2. The fraction of sp³-hybridized carbons (Fsp3) is 0.400. The molecule has 0 bridgehead atoms. The number of rotatable bonds is 14. The van der Waals surface area contributed by atoms with E-state index in [1.54, 1.807) is 0 Å². The Bertz CT molecular complexity index is 915. The van der Waals surface area contributed by atoms with Crippen molar-refractivity contribution in [3.05, 3.63) is 66.2 Å². The number of allylic oxidation sites excluding steroid dienone is 2. The van der Waals surface area contributed by atoms with Gasteiger partial charge in [0.05, 0.1) is 16.4 Å². The summed E-state index contributed by atoms with van der Waals surface area (Å²) in [5.41, 5.74) is 9.38. The van der Waals surface area contributed by atoms with Crippen LogP contribution in [0.25, 0.3) is 11.3 Å². The average Bonchev–Trinajstić information content (AvgIpc) is 3.20. The van der Waals surface area contributed by atoms with E-state index >= 15 is 0 Å². The number of nitrogens with one attached hydrogen (secondary N) is 1. The number of nitrogens with two attached hydrogens (primary N) is 1. The molecule has 0 saturated carbocycles. The van der Waals surface area contributed by atoms with Crippen LogP contribution in [-0.4, -0.2) is 48.0 Å². The van der Waals surface area contributed by atoms with Crippen LogP contribution >= 0.6 is 11.6 Å². The van der Waals surface area contributed by atoms with Crippen molar-refractivity contribution in [2.24, 2.45) is 0 Å². The molecule has 0 fully saturated rings. The van der Waals surface area contributed by atoms with Crippen LogP contribution in [0.15, 0.2) is 54.3 Å². The molecule has 1 aromatic heterocycles. The molecule has 0 aliphatic heterocycles. The monoisotopic (exact) mass is 457 g/mol. The Hall–Kier alpha value is -2.70. The summed E-state index contributed by atoms with van der Waals surface area (Å²) in [5.74, 6) is 0. The van der Waals surface area contributed by atoms with Gasteiger partial charge in [0.2, 0.25) is 0 Å². The minimum atomic E-state index is 0.0928. The van der Waals surface area contributed by atoms with Crippen molar-refractivity contribution >= 4 is 34.6 Å². The molecule has 0 spiro atoms. The maximum atomic E-state index is 6.40. The zero-order valence-electron chi connectivity index (χ0n) is 19.5. The Balaban J connectivity index is 2.05. The van der Waals surface area contributed by atoms with E-state index in [-0.39, 0.29) is 6.01 Å². The van der Waals surface area contributed by atoms with Crippen LogP contribution in [0, 0.1) is 0 Å². The first-order valence-corrected chi connectivity index (χ1v) is 11.5. The summed E-state index contributed by atoms with van der Waals surface area (Å²) in [6.45, 7) is 16.9. The molecule has 7 heteroatoms. The van der Waals surface area contributed by atoms with Crippen LogP contribution in [0.1, 0.15) is 44.4 Å². The largest absolute Gasteiger partial charge is 0.432 e. The smallest absolute Gasteiger partial charge is 0.292 e. The second-order valence-electron chi connectivity index (χ2n) is 7.83. The summed E-state index contributed by atoms with van der Waals surface area (Å²) in [7, 11) is 2.10. The molecule has 2 aromatic rings. The molecule has 2 rings (SSSR count). The fourth-order valence-electron chi connectivity index (χ4n) is 3.51. The van der Waals surface area contributed by atoms with Gasteiger partial charge < -0.3 is 25.3 Å². The third-order valence-corrected chi connectivity index (χ3v) is 5.39. The summed E-state index contributed by atoms with van der Waals surface area (Å²) < 4.78 is 5.05. The molecule has 174 valence electrons. The number of halogens is 1. The van der Waals surface area contributed by atoms with Crippen molar-refractivity contribution in [3.63, 3.8) is 0 Å². The molecule has 32 heavy (non-hydrogen) atoms. The third kappa shape index (κ3) is 7.77. The number of hydrogen-bond acceptors (Lipinski definition) is 6. The molecular weight excluding hydrogens is 422 g/mol. The van der Waals surface area contributed by atoms with Gasteiger partial charge in [0.15, 0.2) is 0 Å². The maximum absolute atomic E-state index is 6.40. The van der Waals surface area contributed by atoms with Gasteiger partial charge in [-0.05, 0) is 62.2 Å². The van der Waals surface area contributed by atoms with Crippen LogP contribution in [0.3, 0.4) is 0 Å². The van der Waals surface area contributed by atoms with Crippen molar-refractivity contribution in [3.8, 4) is 0 Å². The number of anilines is 2. The summed E-state index contributed by atoms with van der Waals surface area (Å²) in [4.78, 5) is 8.84. The van der Waals surface area contributed by atoms with Gasteiger partial charge in [-0.2, -0.15) is 4.98 Å². The first kappa shape index (κ1) is 25.6. The van der Waals surface area contributed by atoms with E-state index in [2.05, 4.69) is 60.4 Å². The lowest BCUT2D eigenvalue weighted by atomic mass is 10.1. The van der Waals surface area contributed by atoms with Crippen molar-refractivity contribution in [1.29, 1.82) is 0 Å². The van der Waals surface area contributed by atoms with E-state index in [4.69, 9.17) is 21.8 Å². The Morgan fingerprint density at radius 2 is 1.94 bits per heavy atom. The van der Waals surface area contributed by atoms with Gasteiger partial charge in [0, 0.05) is 19.8 Å². The standard InChI is InChI=1S/C25H36ClN5O/c1-6-12-31(13-7-2)15-9-14-30(5)17-20(8-3)21-10-11-22(26)23(16-21)28-19(4)24-18-32-25(27)29-24/h8,10-11,16-18,28H,3-4,6-7,9,12-15H2,1-2,5H3,(H2,27,29)/b20-17+. The molecule has 0 radical (unpaired) electrons. The van der Waals surface area contributed by atoms with Crippen LogP contribution < -0.4 is 11.1 Å². The normalized spacial score (nSPS) is 11.6. The Kier molecular flexibility index (Phi) is 10.4. The maximum Gasteiger partial charge on any atom is 0.292 e. The third-order valence-electron chi connectivity index (χ3n) is 5.06. The van der Waals surface area contributed by atoms with Crippen LogP contribution in [0.5, 0.6) is 0 Å². The molecule has 0 aliphatic carbocycles. The van der Waals surface area contributed by atoms with Crippen LogP contribution in [-0.2, 0) is 0 Å². The van der Waals surface area contributed by atoms with E-state index in [0.717, 1.165) is 49.4 Å². The Labute approximate surface area is 197 Å². The minimum Gasteiger partial charge on any atom is -0.432 e. The van der Waals surface area contributed by atoms with Crippen molar-refractivity contribution in [2.45, 2.75) is 33.1 Å². The first-order valence-electron chi connectivity index (χ1n) is 11.1. The molecule has 0 unspecified atom stereocenters. The highest BCUT2D eigenvalue weighted by atomic mass is 35.5. The van der Waals surface area contributed by atoms with Crippen molar-refractivity contribution in [2.75, 3.05) is 44.3 Å². The average molecular weight is 458 g/mol. The lowest BCUT2D eigenvalue weighted by Crippen LogP contribution is -2.28. The summed E-state index contributed by atoms with van der Waals surface area (Å²) >= 11 is 6.40. The number of oxazole rings is 1. The van der Waals surface area contributed by atoms with Gasteiger partial charge in [-0.15, -0.1) is 0 Å². The van der Waals surface area contributed by atoms with Crippen LogP contribution in [0.2, 0.25) is 5.02 Å².